The predicted molar refractivity (Wildman–Crippen MR) is 82.5 cm³/mol. The van der Waals surface area contributed by atoms with E-state index >= 15 is 0 Å². The molecule has 110 valence electrons. The summed E-state index contributed by atoms with van der Waals surface area (Å²) in [6.07, 6.45) is 5.31. The Bertz CT molecular complexity index is 570. The SMILES string of the molecule is Cc1ccc(/C=C/S(=O)(=O)NC2(CN)CCCC2)cc1. The van der Waals surface area contributed by atoms with Crippen LogP contribution in [0.25, 0.3) is 6.08 Å². The molecule has 1 aliphatic carbocycles. The van der Waals surface area contributed by atoms with Gasteiger partial charge in [-0.15, -0.1) is 0 Å². The van der Waals surface area contributed by atoms with Crippen molar-refractivity contribution in [1.29, 1.82) is 0 Å². The Morgan fingerprint density at radius 3 is 2.40 bits per heavy atom. The Morgan fingerprint density at radius 2 is 1.85 bits per heavy atom. The Balaban J connectivity index is 2.09. The highest BCUT2D eigenvalue weighted by Crippen LogP contribution is 2.29. The van der Waals surface area contributed by atoms with Crippen LogP contribution in [-0.4, -0.2) is 20.5 Å². The maximum atomic E-state index is 12.1. The predicted octanol–water partition coefficient (Wildman–Crippen LogP) is 2.16. The third-order valence-corrected chi connectivity index (χ3v) is 5.04. The second-order valence-corrected chi connectivity index (χ2v) is 7.12. The minimum atomic E-state index is -3.45. The van der Waals surface area contributed by atoms with Crippen LogP contribution in [0.1, 0.15) is 36.8 Å². The van der Waals surface area contributed by atoms with Crippen molar-refractivity contribution in [3.8, 4) is 0 Å². The minimum absolute atomic E-state index is 0.352. The Morgan fingerprint density at radius 1 is 1.25 bits per heavy atom. The van der Waals surface area contributed by atoms with Gasteiger partial charge in [0.05, 0.1) is 0 Å². The van der Waals surface area contributed by atoms with E-state index in [4.69, 9.17) is 5.73 Å². The molecule has 5 heteroatoms. The van der Waals surface area contributed by atoms with E-state index in [1.807, 2.05) is 31.2 Å². The summed E-state index contributed by atoms with van der Waals surface area (Å²) in [6.45, 7) is 2.35. The third kappa shape index (κ3) is 3.91. The van der Waals surface area contributed by atoms with Crippen LogP contribution in [0.4, 0.5) is 0 Å². The molecule has 0 aromatic heterocycles. The van der Waals surface area contributed by atoms with Crippen molar-refractivity contribution in [3.63, 3.8) is 0 Å². The van der Waals surface area contributed by atoms with Gasteiger partial charge in [0.25, 0.3) is 0 Å². The van der Waals surface area contributed by atoms with Crippen LogP contribution in [0.2, 0.25) is 0 Å². The van der Waals surface area contributed by atoms with E-state index < -0.39 is 15.6 Å². The van der Waals surface area contributed by atoms with Crippen molar-refractivity contribution in [2.45, 2.75) is 38.1 Å². The fourth-order valence-corrected chi connectivity index (χ4v) is 3.88. The Hall–Kier alpha value is -1.17. The fraction of sp³-hybridized carbons (Fsp3) is 0.467. The van der Waals surface area contributed by atoms with Gasteiger partial charge in [0, 0.05) is 17.5 Å². The number of sulfonamides is 1. The van der Waals surface area contributed by atoms with Crippen molar-refractivity contribution in [3.05, 3.63) is 40.8 Å². The second-order valence-electron chi connectivity index (χ2n) is 5.55. The molecule has 20 heavy (non-hydrogen) atoms. The lowest BCUT2D eigenvalue weighted by molar-refractivity contribution is 0.402. The van der Waals surface area contributed by atoms with Crippen LogP contribution in [0, 0.1) is 6.92 Å². The smallest absolute Gasteiger partial charge is 0.234 e. The van der Waals surface area contributed by atoms with Crippen LogP contribution < -0.4 is 10.5 Å². The molecule has 1 fully saturated rings. The van der Waals surface area contributed by atoms with Crippen LogP contribution in [0.15, 0.2) is 29.7 Å². The summed E-state index contributed by atoms with van der Waals surface area (Å²) in [7, 11) is -3.45. The van der Waals surface area contributed by atoms with E-state index in [-0.39, 0.29) is 0 Å². The van der Waals surface area contributed by atoms with Crippen molar-refractivity contribution in [2.75, 3.05) is 6.54 Å². The van der Waals surface area contributed by atoms with Gasteiger partial charge in [-0.3, -0.25) is 0 Å². The standard InChI is InChI=1S/C15H22N2O2S/c1-13-4-6-14(7-5-13)8-11-20(18,19)17-15(12-16)9-2-3-10-15/h4-8,11,17H,2-3,9-10,12,16H2,1H3/b11-8+. The maximum Gasteiger partial charge on any atom is 0.234 e. The lowest BCUT2D eigenvalue weighted by atomic mass is 10.0. The van der Waals surface area contributed by atoms with Gasteiger partial charge in [-0.05, 0) is 31.4 Å². The first-order chi connectivity index (χ1) is 9.45. The van der Waals surface area contributed by atoms with Crippen molar-refractivity contribution < 1.29 is 8.42 Å². The highest BCUT2D eigenvalue weighted by molar-refractivity contribution is 7.92. The van der Waals surface area contributed by atoms with E-state index in [2.05, 4.69) is 4.72 Å². The second kappa shape index (κ2) is 6.08. The highest BCUT2D eigenvalue weighted by atomic mass is 32.2. The molecule has 1 aromatic rings. The summed E-state index contributed by atoms with van der Waals surface area (Å²) in [5, 5.41) is 1.23. The van der Waals surface area contributed by atoms with Gasteiger partial charge < -0.3 is 5.73 Å². The molecule has 3 N–H and O–H groups in total. The molecule has 0 spiro atoms. The molecule has 0 amide bonds. The number of hydrogen-bond acceptors (Lipinski definition) is 3. The molecule has 0 bridgehead atoms. The summed E-state index contributed by atoms with van der Waals surface area (Å²) in [5.74, 6) is 0. The zero-order valence-corrected chi connectivity index (χ0v) is 12.6. The van der Waals surface area contributed by atoms with E-state index in [0.29, 0.717) is 6.54 Å². The highest BCUT2D eigenvalue weighted by Gasteiger charge is 2.35. The average molecular weight is 294 g/mol. The van der Waals surface area contributed by atoms with Crippen molar-refractivity contribution >= 4 is 16.1 Å². The van der Waals surface area contributed by atoms with Gasteiger partial charge in [-0.1, -0.05) is 42.7 Å². The monoisotopic (exact) mass is 294 g/mol. The fourth-order valence-electron chi connectivity index (χ4n) is 2.58. The average Bonchev–Trinajstić information content (AvgIpc) is 2.87. The van der Waals surface area contributed by atoms with Crippen LogP contribution in [0.3, 0.4) is 0 Å². The van der Waals surface area contributed by atoms with Gasteiger partial charge in [0.15, 0.2) is 0 Å². The quantitative estimate of drug-likeness (QED) is 0.874. The van der Waals surface area contributed by atoms with E-state index in [9.17, 15) is 8.42 Å². The first-order valence-electron chi connectivity index (χ1n) is 6.94. The molecular formula is C15H22N2O2S. The molecule has 0 saturated heterocycles. The first-order valence-corrected chi connectivity index (χ1v) is 8.48. The number of rotatable bonds is 5. The molecule has 2 rings (SSSR count). The molecule has 1 aliphatic rings. The molecule has 0 unspecified atom stereocenters. The molecule has 0 aliphatic heterocycles. The zero-order chi connectivity index (χ0) is 14.6. The van der Waals surface area contributed by atoms with Crippen molar-refractivity contribution in [2.24, 2.45) is 5.73 Å². The lowest BCUT2D eigenvalue weighted by Gasteiger charge is -2.27. The maximum absolute atomic E-state index is 12.1. The normalized spacial score (nSPS) is 18.7. The van der Waals surface area contributed by atoms with Crippen LogP contribution >= 0.6 is 0 Å². The Kier molecular flexibility index (Phi) is 4.62. The van der Waals surface area contributed by atoms with Gasteiger partial charge in [-0.2, -0.15) is 0 Å². The summed E-state index contributed by atoms with van der Waals surface area (Å²) < 4.78 is 27.0. The summed E-state index contributed by atoms with van der Waals surface area (Å²) >= 11 is 0. The number of aryl methyl sites for hydroxylation is 1. The number of nitrogens with two attached hydrogens (primary N) is 1. The largest absolute Gasteiger partial charge is 0.329 e. The zero-order valence-electron chi connectivity index (χ0n) is 11.8. The Labute approximate surface area is 121 Å². The van der Waals surface area contributed by atoms with Gasteiger partial charge in [0.1, 0.15) is 0 Å². The molecule has 0 radical (unpaired) electrons. The molecular weight excluding hydrogens is 272 g/mol. The molecule has 0 heterocycles. The number of hydrogen-bond donors (Lipinski definition) is 2. The summed E-state index contributed by atoms with van der Waals surface area (Å²) in [4.78, 5) is 0. The molecule has 4 nitrogen and oxygen atoms in total. The topological polar surface area (TPSA) is 72.2 Å². The minimum Gasteiger partial charge on any atom is -0.329 e. The van der Waals surface area contributed by atoms with E-state index in [1.165, 1.54) is 5.41 Å². The summed E-state index contributed by atoms with van der Waals surface area (Å²) in [6, 6.07) is 7.71. The van der Waals surface area contributed by atoms with Crippen LogP contribution in [-0.2, 0) is 10.0 Å². The lowest BCUT2D eigenvalue weighted by Crippen LogP contribution is -2.50. The number of nitrogens with one attached hydrogen (secondary N) is 1. The van der Waals surface area contributed by atoms with E-state index in [1.54, 1.807) is 6.08 Å². The first kappa shape index (κ1) is 15.2. The molecule has 1 saturated carbocycles. The van der Waals surface area contributed by atoms with Crippen molar-refractivity contribution in [1.82, 2.24) is 4.72 Å². The summed E-state index contributed by atoms with van der Waals surface area (Å²) in [5.41, 5.74) is 7.32. The van der Waals surface area contributed by atoms with Gasteiger partial charge >= 0.3 is 0 Å². The van der Waals surface area contributed by atoms with Crippen LogP contribution in [0.5, 0.6) is 0 Å². The van der Waals surface area contributed by atoms with E-state index in [0.717, 1.165) is 36.8 Å². The number of benzene rings is 1. The third-order valence-electron chi connectivity index (χ3n) is 3.83. The molecule has 0 atom stereocenters. The van der Waals surface area contributed by atoms with Gasteiger partial charge in [0.2, 0.25) is 10.0 Å². The van der Waals surface area contributed by atoms with Gasteiger partial charge in [-0.25, -0.2) is 13.1 Å². The molecule has 1 aromatic carbocycles.